The lowest BCUT2D eigenvalue weighted by molar-refractivity contribution is -0.119. The Morgan fingerprint density at radius 1 is 1.43 bits per heavy atom. The van der Waals surface area contributed by atoms with E-state index in [1.165, 1.54) is 4.90 Å². The molecule has 10 heteroatoms. The van der Waals surface area contributed by atoms with Gasteiger partial charge in [-0.05, 0) is 12.8 Å². The van der Waals surface area contributed by atoms with Crippen LogP contribution in [0.4, 0.5) is 4.79 Å². The number of carbonyl (C=O) groups excluding carboxylic acids is 2. The van der Waals surface area contributed by atoms with Crippen LogP contribution in [0, 0.1) is 10.8 Å². The number of nitrogens with one attached hydrogen (secondary N) is 4. The molecule has 0 aromatic rings. The third kappa shape index (κ3) is 3.21. The average molecular weight is 297 g/mol. The first-order valence-electron chi connectivity index (χ1n) is 6.65. The fourth-order valence-electron chi connectivity index (χ4n) is 2.56. The average Bonchev–Trinajstić information content (AvgIpc) is 2.63. The van der Waals surface area contributed by atoms with Crippen molar-refractivity contribution >= 4 is 23.7 Å². The Morgan fingerprint density at radius 2 is 2.14 bits per heavy atom. The van der Waals surface area contributed by atoms with E-state index >= 15 is 0 Å². The van der Waals surface area contributed by atoms with Gasteiger partial charge in [0.1, 0.15) is 5.84 Å². The topological polar surface area (TPSA) is 159 Å². The van der Waals surface area contributed by atoms with Gasteiger partial charge in [0.15, 0.2) is 5.96 Å². The summed E-state index contributed by atoms with van der Waals surface area (Å²) in [5.74, 6) is -0.657. The van der Waals surface area contributed by atoms with Crippen molar-refractivity contribution in [1.29, 1.82) is 10.8 Å². The van der Waals surface area contributed by atoms with Crippen LogP contribution in [0.25, 0.3) is 0 Å². The third-order valence-electron chi connectivity index (χ3n) is 3.62. The molecule has 2 saturated heterocycles. The number of guanidine groups is 1. The zero-order valence-corrected chi connectivity index (χ0v) is 11.4. The molecule has 2 aliphatic heterocycles. The molecule has 0 saturated carbocycles. The summed E-state index contributed by atoms with van der Waals surface area (Å²) in [7, 11) is 0. The van der Waals surface area contributed by atoms with E-state index in [0.29, 0.717) is 24.4 Å². The van der Waals surface area contributed by atoms with E-state index < -0.39 is 12.1 Å². The number of urea groups is 1. The standard InChI is InChI=1S/C11H19N7O3/c12-9(16-8(19)3-4-15-10(13)14)7-2-1-6-5-17(7)11(20)18(6)21/h6-7,21H,1-5H2,(H2,12,16,19)(H4,13,14,15)/t6-,7+/m1/s1. The molecule has 2 atom stereocenters. The quantitative estimate of drug-likeness (QED) is 0.214. The van der Waals surface area contributed by atoms with Gasteiger partial charge in [-0.3, -0.25) is 20.8 Å². The van der Waals surface area contributed by atoms with Crippen LogP contribution in [0.2, 0.25) is 0 Å². The molecule has 2 rings (SSSR count). The molecule has 7 N–H and O–H groups in total. The van der Waals surface area contributed by atoms with E-state index in [1.54, 1.807) is 0 Å². The highest BCUT2D eigenvalue weighted by Gasteiger charge is 2.45. The second kappa shape index (κ2) is 5.95. The minimum Gasteiger partial charge on any atom is -0.370 e. The first-order valence-corrected chi connectivity index (χ1v) is 6.65. The van der Waals surface area contributed by atoms with Gasteiger partial charge in [0.2, 0.25) is 5.91 Å². The van der Waals surface area contributed by atoms with Crippen molar-refractivity contribution in [3.63, 3.8) is 0 Å². The summed E-state index contributed by atoms with van der Waals surface area (Å²) in [6.45, 7) is 0.568. The first kappa shape index (κ1) is 15.0. The minimum absolute atomic E-state index is 0.0510. The van der Waals surface area contributed by atoms with Crippen LogP contribution >= 0.6 is 0 Å². The molecule has 21 heavy (non-hydrogen) atoms. The summed E-state index contributed by atoms with van der Waals surface area (Å²) in [4.78, 5) is 24.8. The van der Waals surface area contributed by atoms with E-state index in [0.717, 1.165) is 0 Å². The highest BCUT2D eigenvalue weighted by molar-refractivity contribution is 6.01. The fourth-order valence-corrected chi connectivity index (χ4v) is 2.56. The summed E-state index contributed by atoms with van der Waals surface area (Å²) in [6, 6.07) is -1.27. The number of nitrogens with zero attached hydrogens (tertiary/aromatic N) is 2. The predicted molar refractivity (Wildman–Crippen MR) is 72.9 cm³/mol. The number of nitrogens with two attached hydrogens (primary N) is 1. The third-order valence-corrected chi connectivity index (χ3v) is 3.62. The molecule has 0 radical (unpaired) electrons. The summed E-state index contributed by atoms with van der Waals surface area (Å²) >= 11 is 0. The highest BCUT2D eigenvalue weighted by atomic mass is 16.5. The van der Waals surface area contributed by atoms with Crippen molar-refractivity contribution < 1.29 is 14.8 Å². The van der Waals surface area contributed by atoms with Crippen LogP contribution in [0.1, 0.15) is 19.3 Å². The van der Waals surface area contributed by atoms with Gasteiger partial charge in [0.25, 0.3) is 0 Å². The Bertz CT molecular complexity index is 480. The summed E-state index contributed by atoms with van der Waals surface area (Å²) in [5, 5.41) is 30.1. The SMILES string of the molecule is N=C(N)NCCC(=O)NC(=N)[C@@H]1CC[C@@H]2CN1C(=O)N2O. The maximum atomic E-state index is 11.8. The lowest BCUT2D eigenvalue weighted by Gasteiger charge is -2.30. The molecule has 2 bridgehead atoms. The number of piperidine rings is 1. The molecule has 3 amide bonds. The van der Waals surface area contributed by atoms with Gasteiger partial charge in [-0.1, -0.05) is 0 Å². The Morgan fingerprint density at radius 3 is 2.81 bits per heavy atom. The van der Waals surface area contributed by atoms with Crippen LogP contribution in [0.3, 0.4) is 0 Å². The van der Waals surface area contributed by atoms with Crippen molar-refractivity contribution in [3.8, 4) is 0 Å². The maximum absolute atomic E-state index is 11.8. The number of fused-ring (bicyclic) bond motifs is 2. The zero-order valence-electron chi connectivity index (χ0n) is 11.4. The lowest BCUT2D eigenvalue weighted by Crippen LogP contribution is -2.51. The van der Waals surface area contributed by atoms with Gasteiger partial charge in [0.05, 0.1) is 12.1 Å². The van der Waals surface area contributed by atoms with Gasteiger partial charge in [-0.25, -0.2) is 9.86 Å². The van der Waals surface area contributed by atoms with E-state index in [4.69, 9.17) is 16.6 Å². The van der Waals surface area contributed by atoms with Gasteiger partial charge < -0.3 is 21.3 Å². The number of hydrogen-bond acceptors (Lipinski definition) is 5. The number of amides is 3. The number of amidine groups is 1. The number of hydrogen-bond donors (Lipinski definition) is 6. The molecule has 2 fully saturated rings. The van der Waals surface area contributed by atoms with Crippen molar-refractivity contribution in [1.82, 2.24) is 20.6 Å². The summed E-state index contributed by atoms with van der Waals surface area (Å²) in [6.07, 6.45) is 1.18. The van der Waals surface area contributed by atoms with Crippen LogP contribution in [0.15, 0.2) is 0 Å². The van der Waals surface area contributed by atoms with Crippen LogP contribution in [0.5, 0.6) is 0 Å². The van der Waals surface area contributed by atoms with E-state index in [1.807, 2.05) is 0 Å². The van der Waals surface area contributed by atoms with Gasteiger partial charge >= 0.3 is 6.03 Å². The first-order chi connectivity index (χ1) is 9.90. The Labute approximate surface area is 121 Å². The molecule has 0 aromatic heterocycles. The highest BCUT2D eigenvalue weighted by Crippen LogP contribution is 2.28. The molecule has 0 unspecified atom stereocenters. The van der Waals surface area contributed by atoms with Gasteiger partial charge in [-0.15, -0.1) is 0 Å². The van der Waals surface area contributed by atoms with Crippen molar-refractivity contribution in [3.05, 3.63) is 0 Å². The largest absolute Gasteiger partial charge is 0.370 e. The monoisotopic (exact) mass is 297 g/mol. The van der Waals surface area contributed by atoms with Crippen molar-refractivity contribution in [2.45, 2.75) is 31.3 Å². The van der Waals surface area contributed by atoms with Gasteiger partial charge in [-0.2, -0.15) is 0 Å². The molecule has 0 aromatic carbocycles. The molecular weight excluding hydrogens is 278 g/mol. The summed E-state index contributed by atoms with van der Waals surface area (Å²) < 4.78 is 0. The molecular formula is C11H19N7O3. The van der Waals surface area contributed by atoms with E-state index in [-0.39, 0.29) is 36.7 Å². The Balaban J connectivity index is 1.85. The lowest BCUT2D eigenvalue weighted by atomic mass is 10.00. The number of carbonyl (C=O) groups is 2. The van der Waals surface area contributed by atoms with Crippen LogP contribution < -0.4 is 16.4 Å². The normalized spacial score (nSPS) is 24.0. The number of hydroxylamine groups is 2. The van der Waals surface area contributed by atoms with E-state index in [9.17, 15) is 14.8 Å². The van der Waals surface area contributed by atoms with E-state index in [2.05, 4.69) is 10.6 Å². The Kier molecular flexibility index (Phi) is 4.26. The van der Waals surface area contributed by atoms with Crippen molar-refractivity contribution in [2.75, 3.05) is 13.1 Å². The second-order valence-corrected chi connectivity index (χ2v) is 5.08. The van der Waals surface area contributed by atoms with Crippen LogP contribution in [-0.4, -0.2) is 64.1 Å². The predicted octanol–water partition coefficient (Wildman–Crippen LogP) is -1.39. The van der Waals surface area contributed by atoms with Crippen LogP contribution in [-0.2, 0) is 4.79 Å². The number of rotatable bonds is 4. The second-order valence-electron chi connectivity index (χ2n) is 5.08. The molecule has 10 nitrogen and oxygen atoms in total. The fraction of sp³-hybridized carbons (Fsp3) is 0.636. The molecule has 0 spiro atoms. The molecule has 0 aliphatic carbocycles. The molecule has 2 aliphatic rings. The summed E-state index contributed by atoms with van der Waals surface area (Å²) in [5.41, 5.74) is 5.09. The van der Waals surface area contributed by atoms with Gasteiger partial charge in [0, 0.05) is 19.5 Å². The maximum Gasteiger partial charge on any atom is 0.344 e. The Hall–Kier alpha value is -2.36. The minimum atomic E-state index is -0.528. The molecule has 116 valence electrons. The zero-order chi connectivity index (χ0) is 15.6. The smallest absolute Gasteiger partial charge is 0.344 e. The van der Waals surface area contributed by atoms with Crippen molar-refractivity contribution in [2.24, 2.45) is 5.73 Å². The molecule has 2 heterocycles.